The van der Waals surface area contributed by atoms with Crippen molar-refractivity contribution < 1.29 is 35.9 Å². The number of hydrogen-bond donors (Lipinski definition) is 1. The molecule has 1 aromatic rings. The fourth-order valence-corrected chi connectivity index (χ4v) is 1.88. The average Bonchev–Trinajstić information content (AvgIpc) is 2.37. The first-order valence-corrected chi connectivity index (χ1v) is 6.54. The Bertz CT molecular complexity index is 566. The Labute approximate surface area is 128 Å². The maximum Gasteiger partial charge on any atom is 0.420 e. The predicted octanol–water partition coefficient (Wildman–Crippen LogP) is 4.67. The molecule has 0 saturated carbocycles. The van der Waals surface area contributed by atoms with Crippen LogP contribution in [0, 0.1) is 13.8 Å². The number of carbonyl (C=O) groups is 1. The Morgan fingerprint density at radius 3 is 1.96 bits per heavy atom. The SMILES string of the molecule is CCC(NC(=O)Oc1ccc(C)c(C)c1)(C(F)(F)F)C(F)(F)F. The van der Waals surface area contributed by atoms with Crippen molar-refractivity contribution in [1.29, 1.82) is 0 Å². The normalized spacial score (nSPS) is 12.9. The van der Waals surface area contributed by atoms with E-state index >= 15 is 0 Å². The number of amides is 1. The van der Waals surface area contributed by atoms with Gasteiger partial charge in [-0.25, -0.2) is 4.79 Å². The second-order valence-corrected chi connectivity index (χ2v) is 5.01. The molecule has 0 heterocycles. The van der Waals surface area contributed by atoms with Crippen molar-refractivity contribution in [2.75, 3.05) is 0 Å². The van der Waals surface area contributed by atoms with Crippen molar-refractivity contribution in [3.05, 3.63) is 29.3 Å². The average molecular weight is 343 g/mol. The molecule has 1 aromatic carbocycles. The molecule has 0 saturated heterocycles. The zero-order chi connectivity index (χ0) is 18.1. The standard InChI is InChI=1S/C14H15F6NO2/c1-4-12(13(15,16)17,14(18,19)20)21-11(22)23-10-6-5-8(2)9(3)7-10/h5-7H,4H2,1-3H3,(H,21,22). The van der Waals surface area contributed by atoms with Crippen LogP contribution in [0.25, 0.3) is 0 Å². The molecule has 0 aliphatic rings. The molecule has 0 aliphatic heterocycles. The number of aryl methyl sites for hydroxylation is 2. The van der Waals surface area contributed by atoms with Gasteiger partial charge in [-0.3, -0.25) is 5.32 Å². The number of rotatable bonds is 3. The lowest BCUT2D eigenvalue weighted by molar-refractivity contribution is -0.305. The molecule has 0 aliphatic carbocycles. The molecule has 0 fully saturated rings. The van der Waals surface area contributed by atoms with Crippen molar-refractivity contribution in [2.24, 2.45) is 0 Å². The number of carbonyl (C=O) groups excluding carboxylic acids is 1. The molecule has 3 nitrogen and oxygen atoms in total. The number of halogens is 6. The van der Waals surface area contributed by atoms with E-state index in [-0.39, 0.29) is 5.75 Å². The molecular formula is C14H15F6NO2. The molecule has 0 aromatic heterocycles. The van der Waals surface area contributed by atoms with Crippen molar-refractivity contribution >= 4 is 6.09 Å². The third-order valence-electron chi connectivity index (χ3n) is 3.50. The first-order chi connectivity index (χ1) is 10.3. The van der Waals surface area contributed by atoms with Crippen LogP contribution >= 0.6 is 0 Å². The molecule has 0 unspecified atom stereocenters. The van der Waals surface area contributed by atoms with Gasteiger partial charge in [0.15, 0.2) is 0 Å². The highest BCUT2D eigenvalue weighted by Crippen LogP contribution is 2.45. The first-order valence-electron chi connectivity index (χ1n) is 6.54. The van der Waals surface area contributed by atoms with E-state index in [4.69, 9.17) is 0 Å². The fraction of sp³-hybridized carbons (Fsp3) is 0.500. The summed E-state index contributed by atoms with van der Waals surface area (Å²) in [6, 6.07) is 4.14. The number of hydrogen-bond acceptors (Lipinski definition) is 2. The lowest BCUT2D eigenvalue weighted by atomic mass is 9.94. The summed E-state index contributed by atoms with van der Waals surface area (Å²) in [4.78, 5) is 11.5. The van der Waals surface area contributed by atoms with Gasteiger partial charge in [-0.2, -0.15) is 26.3 Å². The Balaban J connectivity index is 3.05. The van der Waals surface area contributed by atoms with Crippen LogP contribution in [0.5, 0.6) is 5.75 Å². The molecule has 0 atom stereocenters. The van der Waals surface area contributed by atoms with E-state index in [0.29, 0.717) is 12.5 Å². The minimum absolute atomic E-state index is 0.153. The summed E-state index contributed by atoms with van der Waals surface area (Å²) in [5.74, 6) is -0.153. The second kappa shape index (κ2) is 6.29. The van der Waals surface area contributed by atoms with Gasteiger partial charge in [-0.15, -0.1) is 0 Å². The monoisotopic (exact) mass is 343 g/mol. The molecule has 1 rings (SSSR count). The summed E-state index contributed by atoms with van der Waals surface area (Å²) in [6.45, 7) is 4.08. The molecule has 0 radical (unpaired) electrons. The topological polar surface area (TPSA) is 38.3 Å². The quantitative estimate of drug-likeness (QED) is 0.811. The molecule has 9 heteroatoms. The molecule has 23 heavy (non-hydrogen) atoms. The van der Waals surface area contributed by atoms with E-state index < -0.39 is 30.4 Å². The van der Waals surface area contributed by atoms with Gasteiger partial charge in [0.05, 0.1) is 0 Å². The van der Waals surface area contributed by atoms with Gasteiger partial charge in [0.1, 0.15) is 5.75 Å². The lowest BCUT2D eigenvalue weighted by Crippen LogP contribution is -2.67. The highest BCUT2D eigenvalue weighted by molar-refractivity contribution is 5.71. The summed E-state index contributed by atoms with van der Waals surface area (Å²) >= 11 is 0. The van der Waals surface area contributed by atoms with E-state index in [1.165, 1.54) is 18.2 Å². The molecule has 1 amide bonds. The largest absolute Gasteiger partial charge is 0.420 e. The van der Waals surface area contributed by atoms with Gasteiger partial charge in [-0.05, 0) is 43.5 Å². The van der Waals surface area contributed by atoms with E-state index in [9.17, 15) is 31.1 Å². The number of alkyl halides is 6. The molecule has 0 spiro atoms. The van der Waals surface area contributed by atoms with Gasteiger partial charge >= 0.3 is 18.4 Å². The lowest BCUT2D eigenvalue weighted by Gasteiger charge is -2.36. The van der Waals surface area contributed by atoms with Gasteiger partial charge in [0.2, 0.25) is 5.54 Å². The Kier molecular flexibility index (Phi) is 5.23. The van der Waals surface area contributed by atoms with Crippen LogP contribution in [0.15, 0.2) is 18.2 Å². The highest BCUT2D eigenvalue weighted by Gasteiger charge is 2.70. The van der Waals surface area contributed by atoms with Gasteiger partial charge < -0.3 is 4.74 Å². The minimum atomic E-state index is -5.72. The van der Waals surface area contributed by atoms with Gasteiger partial charge in [0, 0.05) is 0 Å². The van der Waals surface area contributed by atoms with Crippen LogP contribution in [0.1, 0.15) is 24.5 Å². The zero-order valence-electron chi connectivity index (χ0n) is 12.5. The maximum atomic E-state index is 12.9. The van der Waals surface area contributed by atoms with Gasteiger partial charge in [0.25, 0.3) is 0 Å². The smallest absolute Gasteiger partial charge is 0.410 e. The van der Waals surface area contributed by atoms with Crippen molar-refractivity contribution in [2.45, 2.75) is 45.1 Å². The summed E-state index contributed by atoms with van der Waals surface area (Å²) in [7, 11) is 0. The molecule has 1 N–H and O–H groups in total. The predicted molar refractivity (Wildman–Crippen MR) is 70.2 cm³/mol. The van der Waals surface area contributed by atoms with Gasteiger partial charge in [-0.1, -0.05) is 13.0 Å². The van der Waals surface area contributed by atoms with Crippen LogP contribution in [-0.2, 0) is 0 Å². The summed E-state index contributed by atoms with van der Waals surface area (Å²) in [6.07, 6.45) is -14.7. The Hall–Kier alpha value is -1.93. The van der Waals surface area contributed by atoms with Crippen LogP contribution in [0.3, 0.4) is 0 Å². The molecule has 130 valence electrons. The van der Waals surface area contributed by atoms with Crippen LogP contribution in [-0.4, -0.2) is 24.0 Å². The molecular weight excluding hydrogens is 328 g/mol. The van der Waals surface area contributed by atoms with Crippen molar-refractivity contribution in [3.63, 3.8) is 0 Å². The van der Waals surface area contributed by atoms with Crippen molar-refractivity contribution in [1.82, 2.24) is 5.32 Å². The fourth-order valence-electron chi connectivity index (χ4n) is 1.88. The van der Waals surface area contributed by atoms with Crippen molar-refractivity contribution in [3.8, 4) is 5.75 Å². The summed E-state index contributed by atoms with van der Waals surface area (Å²) < 4.78 is 81.9. The third kappa shape index (κ3) is 3.89. The number of nitrogens with one attached hydrogen (secondary N) is 1. The van der Waals surface area contributed by atoms with E-state index in [1.54, 1.807) is 13.8 Å². The van der Waals surface area contributed by atoms with Crippen LogP contribution < -0.4 is 10.1 Å². The highest BCUT2D eigenvalue weighted by atomic mass is 19.4. The number of benzene rings is 1. The first kappa shape index (κ1) is 19.1. The molecule has 0 bridgehead atoms. The maximum absolute atomic E-state index is 12.9. The minimum Gasteiger partial charge on any atom is -0.410 e. The van der Waals surface area contributed by atoms with E-state index in [0.717, 1.165) is 10.9 Å². The van der Waals surface area contributed by atoms with Crippen LogP contribution in [0.4, 0.5) is 31.1 Å². The van der Waals surface area contributed by atoms with E-state index in [1.807, 2.05) is 0 Å². The Morgan fingerprint density at radius 2 is 1.57 bits per heavy atom. The van der Waals surface area contributed by atoms with E-state index in [2.05, 4.69) is 4.74 Å². The zero-order valence-corrected chi connectivity index (χ0v) is 12.5. The summed E-state index contributed by atoms with van der Waals surface area (Å²) in [5, 5.41) is 0.932. The second-order valence-electron chi connectivity index (χ2n) is 5.01. The third-order valence-corrected chi connectivity index (χ3v) is 3.50. The van der Waals surface area contributed by atoms with Crippen LogP contribution in [0.2, 0.25) is 0 Å². The summed E-state index contributed by atoms with van der Waals surface area (Å²) in [5.41, 5.74) is -2.87. The Morgan fingerprint density at radius 1 is 1.04 bits per heavy atom. The number of ether oxygens (including phenoxy) is 1.